The number of urea groups is 1. The van der Waals surface area contributed by atoms with E-state index < -0.39 is 0 Å². The summed E-state index contributed by atoms with van der Waals surface area (Å²) in [5, 5.41) is 5.71. The van der Waals surface area contributed by atoms with Crippen LogP contribution < -0.4 is 15.5 Å². The molecule has 1 fully saturated rings. The third-order valence-electron chi connectivity index (χ3n) is 4.62. The van der Waals surface area contributed by atoms with Crippen LogP contribution in [-0.2, 0) is 4.79 Å². The first kappa shape index (κ1) is 19.5. The van der Waals surface area contributed by atoms with Gasteiger partial charge < -0.3 is 20.4 Å². The largest absolute Gasteiger partial charge is 0.368 e. The standard InChI is InChI=1S/C22H26N4O2/c1-2-23-22(28)26-16-14-25(15-17-26)20-11-9-19(10-12-20)24-21(27)13-8-18-6-4-3-5-7-18/h3-13H,2,14-17H2,1H3,(H,23,28)(H,24,27)/b13-8+. The number of hydrogen-bond donors (Lipinski definition) is 2. The molecule has 3 amide bonds. The molecule has 2 aromatic rings. The number of carbonyl (C=O) groups is 2. The minimum atomic E-state index is -0.160. The molecule has 146 valence electrons. The summed E-state index contributed by atoms with van der Waals surface area (Å²) in [4.78, 5) is 28.0. The lowest BCUT2D eigenvalue weighted by Gasteiger charge is -2.36. The Labute approximate surface area is 165 Å². The molecule has 0 spiro atoms. The van der Waals surface area contributed by atoms with Crippen molar-refractivity contribution in [1.29, 1.82) is 0 Å². The van der Waals surface area contributed by atoms with Crippen LogP contribution in [0.1, 0.15) is 12.5 Å². The predicted octanol–water partition coefficient (Wildman–Crippen LogP) is 3.19. The minimum Gasteiger partial charge on any atom is -0.368 e. The van der Waals surface area contributed by atoms with Crippen molar-refractivity contribution in [1.82, 2.24) is 10.2 Å². The van der Waals surface area contributed by atoms with Crippen LogP contribution in [0.15, 0.2) is 60.7 Å². The van der Waals surface area contributed by atoms with E-state index in [4.69, 9.17) is 0 Å². The van der Waals surface area contributed by atoms with Crippen molar-refractivity contribution in [3.8, 4) is 0 Å². The third-order valence-corrected chi connectivity index (χ3v) is 4.62. The van der Waals surface area contributed by atoms with Crippen molar-refractivity contribution in [3.63, 3.8) is 0 Å². The Kier molecular flexibility index (Phi) is 6.68. The van der Waals surface area contributed by atoms with Gasteiger partial charge in [-0.3, -0.25) is 4.79 Å². The van der Waals surface area contributed by atoms with Crippen molar-refractivity contribution in [2.75, 3.05) is 42.9 Å². The van der Waals surface area contributed by atoms with Gasteiger partial charge in [-0.2, -0.15) is 0 Å². The van der Waals surface area contributed by atoms with E-state index in [2.05, 4.69) is 15.5 Å². The maximum atomic E-state index is 12.1. The lowest BCUT2D eigenvalue weighted by molar-refractivity contribution is -0.111. The van der Waals surface area contributed by atoms with E-state index in [1.165, 1.54) is 6.08 Å². The summed E-state index contributed by atoms with van der Waals surface area (Å²) in [5.74, 6) is -0.160. The van der Waals surface area contributed by atoms with Crippen molar-refractivity contribution < 1.29 is 9.59 Å². The fourth-order valence-electron chi connectivity index (χ4n) is 3.11. The molecule has 0 radical (unpaired) electrons. The zero-order chi connectivity index (χ0) is 19.8. The van der Waals surface area contributed by atoms with Crippen LogP contribution in [0.4, 0.5) is 16.2 Å². The summed E-state index contributed by atoms with van der Waals surface area (Å²) >= 11 is 0. The first-order valence-electron chi connectivity index (χ1n) is 9.57. The zero-order valence-electron chi connectivity index (χ0n) is 16.1. The van der Waals surface area contributed by atoms with Gasteiger partial charge in [0.2, 0.25) is 5.91 Å². The topological polar surface area (TPSA) is 64.7 Å². The Morgan fingerprint density at radius 3 is 2.29 bits per heavy atom. The number of anilines is 2. The van der Waals surface area contributed by atoms with Crippen LogP contribution in [0.5, 0.6) is 0 Å². The van der Waals surface area contributed by atoms with Crippen LogP contribution in [-0.4, -0.2) is 49.6 Å². The van der Waals surface area contributed by atoms with Crippen LogP contribution in [0.2, 0.25) is 0 Å². The van der Waals surface area contributed by atoms with E-state index in [1.54, 1.807) is 6.08 Å². The summed E-state index contributed by atoms with van der Waals surface area (Å²) < 4.78 is 0. The van der Waals surface area contributed by atoms with Gasteiger partial charge in [0.15, 0.2) is 0 Å². The van der Waals surface area contributed by atoms with Gasteiger partial charge >= 0.3 is 6.03 Å². The molecule has 2 N–H and O–H groups in total. The summed E-state index contributed by atoms with van der Waals surface area (Å²) in [7, 11) is 0. The lowest BCUT2D eigenvalue weighted by atomic mass is 10.2. The van der Waals surface area contributed by atoms with E-state index in [9.17, 15) is 9.59 Å². The number of nitrogens with one attached hydrogen (secondary N) is 2. The normalized spacial score (nSPS) is 14.2. The molecule has 0 aromatic heterocycles. The summed E-state index contributed by atoms with van der Waals surface area (Å²) in [6.45, 7) is 5.56. The zero-order valence-corrected chi connectivity index (χ0v) is 16.1. The van der Waals surface area contributed by atoms with Crippen molar-refractivity contribution in [2.45, 2.75) is 6.92 Å². The molecule has 0 saturated carbocycles. The number of piperazine rings is 1. The Morgan fingerprint density at radius 2 is 1.64 bits per heavy atom. The first-order chi connectivity index (χ1) is 13.7. The molecule has 28 heavy (non-hydrogen) atoms. The Morgan fingerprint density at radius 1 is 0.964 bits per heavy atom. The number of hydrogen-bond acceptors (Lipinski definition) is 3. The SMILES string of the molecule is CCNC(=O)N1CCN(c2ccc(NC(=O)/C=C/c3ccccc3)cc2)CC1. The van der Waals surface area contributed by atoms with Gasteiger partial charge in [-0.15, -0.1) is 0 Å². The highest BCUT2D eigenvalue weighted by Crippen LogP contribution is 2.19. The number of benzene rings is 2. The third kappa shape index (κ3) is 5.36. The molecule has 0 aliphatic carbocycles. The van der Waals surface area contributed by atoms with E-state index in [1.807, 2.05) is 66.4 Å². The molecule has 3 rings (SSSR count). The molecular formula is C22H26N4O2. The molecule has 1 heterocycles. The van der Waals surface area contributed by atoms with Crippen LogP contribution in [0, 0.1) is 0 Å². The van der Waals surface area contributed by atoms with Gasteiger partial charge in [-0.25, -0.2) is 4.79 Å². The number of carbonyl (C=O) groups excluding carboxylic acids is 2. The highest BCUT2D eigenvalue weighted by Gasteiger charge is 2.20. The van der Waals surface area contributed by atoms with E-state index in [-0.39, 0.29) is 11.9 Å². The molecule has 2 aromatic carbocycles. The predicted molar refractivity (Wildman–Crippen MR) is 113 cm³/mol. The Hall–Kier alpha value is -3.28. The lowest BCUT2D eigenvalue weighted by Crippen LogP contribution is -2.51. The molecule has 6 nitrogen and oxygen atoms in total. The van der Waals surface area contributed by atoms with Gasteiger partial charge in [0.05, 0.1) is 0 Å². The minimum absolute atomic E-state index is 0.00349. The van der Waals surface area contributed by atoms with E-state index in [0.29, 0.717) is 19.6 Å². The second kappa shape index (κ2) is 9.60. The molecule has 1 aliphatic rings. The quantitative estimate of drug-likeness (QED) is 0.786. The average Bonchev–Trinajstić information content (AvgIpc) is 2.74. The molecule has 0 unspecified atom stereocenters. The highest BCUT2D eigenvalue weighted by molar-refractivity contribution is 6.02. The van der Waals surface area contributed by atoms with Gasteiger partial charge in [-0.1, -0.05) is 30.3 Å². The molecular weight excluding hydrogens is 352 g/mol. The van der Waals surface area contributed by atoms with Crippen molar-refractivity contribution in [2.24, 2.45) is 0 Å². The number of rotatable bonds is 5. The fourth-order valence-corrected chi connectivity index (χ4v) is 3.11. The van der Waals surface area contributed by atoms with Crippen molar-refractivity contribution >= 4 is 29.4 Å². The second-order valence-corrected chi connectivity index (χ2v) is 6.59. The van der Waals surface area contributed by atoms with Crippen LogP contribution >= 0.6 is 0 Å². The molecule has 1 aliphatic heterocycles. The van der Waals surface area contributed by atoms with Gasteiger partial charge in [0.25, 0.3) is 0 Å². The maximum absolute atomic E-state index is 12.1. The smallest absolute Gasteiger partial charge is 0.317 e. The highest BCUT2D eigenvalue weighted by atomic mass is 16.2. The first-order valence-corrected chi connectivity index (χ1v) is 9.57. The fraction of sp³-hybridized carbons (Fsp3) is 0.273. The van der Waals surface area contributed by atoms with Crippen molar-refractivity contribution in [3.05, 3.63) is 66.2 Å². The van der Waals surface area contributed by atoms with E-state index >= 15 is 0 Å². The van der Waals surface area contributed by atoms with Crippen LogP contribution in [0.25, 0.3) is 6.08 Å². The Bertz CT molecular complexity index is 810. The molecule has 0 atom stereocenters. The molecule has 0 bridgehead atoms. The van der Waals surface area contributed by atoms with E-state index in [0.717, 1.165) is 30.0 Å². The second-order valence-electron chi connectivity index (χ2n) is 6.59. The average molecular weight is 378 g/mol. The van der Waals surface area contributed by atoms with Gasteiger partial charge in [0.1, 0.15) is 0 Å². The summed E-state index contributed by atoms with van der Waals surface area (Å²) in [6, 6.07) is 17.5. The monoisotopic (exact) mass is 378 g/mol. The maximum Gasteiger partial charge on any atom is 0.317 e. The van der Waals surface area contributed by atoms with Gasteiger partial charge in [-0.05, 0) is 42.8 Å². The number of amides is 3. The van der Waals surface area contributed by atoms with Gasteiger partial charge in [0, 0.05) is 50.2 Å². The Balaban J connectivity index is 1.50. The molecule has 6 heteroatoms. The number of nitrogens with zero attached hydrogens (tertiary/aromatic N) is 2. The summed E-state index contributed by atoms with van der Waals surface area (Å²) in [5.41, 5.74) is 2.83. The van der Waals surface area contributed by atoms with Crippen LogP contribution in [0.3, 0.4) is 0 Å². The summed E-state index contributed by atoms with van der Waals surface area (Å²) in [6.07, 6.45) is 3.32. The molecule has 1 saturated heterocycles.